The number of likely N-dealkylation sites (tertiary alicyclic amines) is 2. The predicted molar refractivity (Wildman–Crippen MR) is 117 cm³/mol. The Balaban J connectivity index is 1.24. The number of benzene rings is 1. The Kier molecular flexibility index (Phi) is 5.04. The van der Waals surface area contributed by atoms with E-state index in [0.29, 0.717) is 53.7 Å². The summed E-state index contributed by atoms with van der Waals surface area (Å²) >= 11 is 3.25. The molecular weight excluding hydrogens is 464 g/mol. The minimum atomic E-state index is -0.0977. The van der Waals surface area contributed by atoms with Crippen LogP contribution >= 0.6 is 15.9 Å². The van der Waals surface area contributed by atoms with E-state index in [9.17, 15) is 9.59 Å². The van der Waals surface area contributed by atoms with Crippen molar-refractivity contribution >= 4 is 38.7 Å². The summed E-state index contributed by atoms with van der Waals surface area (Å²) in [5.41, 5.74) is 0.657. The molecule has 7 nitrogen and oxygen atoms in total. The van der Waals surface area contributed by atoms with Gasteiger partial charge in [-0.2, -0.15) is 0 Å². The number of carbonyl (C=O) groups excluding carboxylic acids is 2. The monoisotopic (exact) mass is 486 g/mol. The van der Waals surface area contributed by atoms with E-state index in [1.54, 1.807) is 25.3 Å². The van der Waals surface area contributed by atoms with Crippen LogP contribution in [-0.2, 0) is 0 Å². The molecule has 1 aromatic carbocycles. The molecule has 0 unspecified atom stereocenters. The van der Waals surface area contributed by atoms with Crippen LogP contribution in [0.15, 0.2) is 49.9 Å². The molecule has 2 aliphatic heterocycles. The van der Waals surface area contributed by atoms with Gasteiger partial charge in [-0.15, -0.1) is 0 Å². The second-order valence-electron chi connectivity index (χ2n) is 8.36. The van der Waals surface area contributed by atoms with Gasteiger partial charge in [-0.05, 0) is 64.9 Å². The van der Waals surface area contributed by atoms with Crippen LogP contribution in [0, 0.1) is 5.41 Å². The van der Waals surface area contributed by atoms with Crippen LogP contribution in [0.3, 0.4) is 0 Å². The number of hydrogen-bond donors (Lipinski definition) is 0. The minimum absolute atomic E-state index is 0.0629. The lowest BCUT2D eigenvalue weighted by Gasteiger charge is -2.38. The standard InChI is InChI=1S/C23H23BrN2O5/c1-29-16-4-2-3-15-13-18(31-20(15)16)22(28)25-10-7-23(8-11-25)9-12-26(14-23)21(27)17-5-6-19(24)30-17/h2-6,13H,7-12,14H2,1H3. The summed E-state index contributed by atoms with van der Waals surface area (Å²) in [6, 6.07) is 10.8. The molecular formula is C23H23BrN2O5. The molecule has 3 aromatic rings. The second-order valence-corrected chi connectivity index (χ2v) is 9.14. The number of furan rings is 2. The SMILES string of the molecule is COc1cccc2cc(C(=O)N3CCC4(CCN(C(=O)c5ccc(Br)o5)C4)CC3)oc12. The highest BCUT2D eigenvalue weighted by atomic mass is 79.9. The normalized spacial score (nSPS) is 18.1. The Morgan fingerprint density at radius 3 is 2.35 bits per heavy atom. The van der Waals surface area contributed by atoms with Gasteiger partial charge < -0.3 is 23.4 Å². The first-order valence-electron chi connectivity index (χ1n) is 10.4. The molecule has 4 heterocycles. The predicted octanol–water partition coefficient (Wildman–Crippen LogP) is 4.57. The van der Waals surface area contributed by atoms with E-state index in [1.807, 2.05) is 28.0 Å². The number of para-hydroxylation sites is 1. The summed E-state index contributed by atoms with van der Waals surface area (Å²) in [4.78, 5) is 29.5. The van der Waals surface area contributed by atoms with Crippen LogP contribution in [0.25, 0.3) is 11.0 Å². The Labute approximate surface area is 188 Å². The van der Waals surface area contributed by atoms with Gasteiger partial charge in [0.1, 0.15) is 0 Å². The van der Waals surface area contributed by atoms with Crippen molar-refractivity contribution < 1.29 is 23.2 Å². The molecule has 0 N–H and O–H groups in total. The fraction of sp³-hybridized carbons (Fsp3) is 0.391. The lowest BCUT2D eigenvalue weighted by atomic mass is 9.77. The van der Waals surface area contributed by atoms with Crippen LogP contribution in [0.2, 0.25) is 0 Å². The highest BCUT2D eigenvalue weighted by Gasteiger charge is 2.43. The van der Waals surface area contributed by atoms with Crippen LogP contribution in [0.5, 0.6) is 5.75 Å². The summed E-state index contributed by atoms with van der Waals surface area (Å²) in [7, 11) is 1.59. The van der Waals surface area contributed by atoms with E-state index in [2.05, 4.69) is 15.9 Å². The van der Waals surface area contributed by atoms with E-state index in [4.69, 9.17) is 13.6 Å². The van der Waals surface area contributed by atoms with E-state index in [0.717, 1.165) is 24.6 Å². The molecule has 0 atom stereocenters. The van der Waals surface area contributed by atoms with Gasteiger partial charge in [0, 0.05) is 31.6 Å². The van der Waals surface area contributed by atoms with E-state index in [-0.39, 0.29) is 17.2 Å². The molecule has 162 valence electrons. The van der Waals surface area contributed by atoms with Crippen molar-refractivity contribution in [3.05, 3.63) is 52.6 Å². The third-order valence-electron chi connectivity index (χ3n) is 6.56. The van der Waals surface area contributed by atoms with E-state index >= 15 is 0 Å². The van der Waals surface area contributed by atoms with Crippen molar-refractivity contribution in [1.29, 1.82) is 0 Å². The zero-order valence-corrected chi connectivity index (χ0v) is 18.8. The smallest absolute Gasteiger partial charge is 0.289 e. The first-order valence-corrected chi connectivity index (χ1v) is 11.2. The van der Waals surface area contributed by atoms with Crippen LogP contribution in [0.1, 0.15) is 40.4 Å². The third kappa shape index (κ3) is 3.63. The molecule has 2 aromatic heterocycles. The zero-order chi connectivity index (χ0) is 21.6. The van der Waals surface area contributed by atoms with Gasteiger partial charge in [-0.1, -0.05) is 12.1 Å². The van der Waals surface area contributed by atoms with Gasteiger partial charge in [0.25, 0.3) is 11.8 Å². The van der Waals surface area contributed by atoms with Gasteiger partial charge in [-0.25, -0.2) is 0 Å². The third-order valence-corrected chi connectivity index (χ3v) is 6.99. The van der Waals surface area contributed by atoms with Crippen LogP contribution in [-0.4, -0.2) is 54.9 Å². The molecule has 0 radical (unpaired) electrons. The molecule has 2 amide bonds. The first-order chi connectivity index (χ1) is 15.0. The largest absolute Gasteiger partial charge is 0.493 e. The summed E-state index contributed by atoms with van der Waals surface area (Å²) in [6.07, 6.45) is 2.69. The Hall–Kier alpha value is -2.74. The van der Waals surface area contributed by atoms with Crippen LogP contribution in [0.4, 0.5) is 0 Å². The number of methoxy groups -OCH3 is 1. The van der Waals surface area contributed by atoms with Gasteiger partial charge in [0.05, 0.1) is 7.11 Å². The first kappa shape index (κ1) is 20.2. The Morgan fingerprint density at radius 2 is 1.68 bits per heavy atom. The molecule has 2 saturated heterocycles. The van der Waals surface area contributed by atoms with E-state index < -0.39 is 0 Å². The molecule has 1 spiro atoms. The van der Waals surface area contributed by atoms with Gasteiger partial charge in [0.2, 0.25) is 0 Å². The van der Waals surface area contributed by atoms with Crippen molar-refractivity contribution in [2.24, 2.45) is 5.41 Å². The molecule has 0 aliphatic carbocycles. The maximum atomic E-state index is 13.0. The van der Waals surface area contributed by atoms with E-state index in [1.165, 1.54) is 0 Å². The topological polar surface area (TPSA) is 76.1 Å². The average Bonchev–Trinajstić information content (AvgIpc) is 3.51. The number of amides is 2. The highest BCUT2D eigenvalue weighted by Crippen LogP contribution is 2.41. The number of fused-ring (bicyclic) bond motifs is 1. The second kappa shape index (κ2) is 7.75. The van der Waals surface area contributed by atoms with Crippen LogP contribution < -0.4 is 4.74 Å². The molecule has 31 heavy (non-hydrogen) atoms. The van der Waals surface area contributed by atoms with Gasteiger partial charge in [0.15, 0.2) is 27.5 Å². The summed E-state index contributed by atoms with van der Waals surface area (Å²) in [5, 5.41) is 0.852. The molecule has 5 rings (SSSR count). The fourth-order valence-corrected chi connectivity index (χ4v) is 5.05. The number of rotatable bonds is 3. The number of piperidine rings is 1. The minimum Gasteiger partial charge on any atom is -0.493 e. The number of halogens is 1. The fourth-order valence-electron chi connectivity index (χ4n) is 4.74. The number of carbonyl (C=O) groups is 2. The van der Waals surface area contributed by atoms with Crippen molar-refractivity contribution in [3.63, 3.8) is 0 Å². The molecule has 8 heteroatoms. The number of hydrogen-bond acceptors (Lipinski definition) is 5. The zero-order valence-electron chi connectivity index (χ0n) is 17.2. The summed E-state index contributed by atoms with van der Waals surface area (Å²) < 4.78 is 17.2. The lowest BCUT2D eigenvalue weighted by Crippen LogP contribution is -2.44. The van der Waals surface area contributed by atoms with Crippen molar-refractivity contribution in [2.75, 3.05) is 33.3 Å². The molecule has 0 saturated carbocycles. The van der Waals surface area contributed by atoms with Crippen molar-refractivity contribution in [2.45, 2.75) is 19.3 Å². The lowest BCUT2D eigenvalue weighted by molar-refractivity contribution is 0.0537. The van der Waals surface area contributed by atoms with Crippen molar-refractivity contribution in [1.82, 2.24) is 9.80 Å². The highest BCUT2D eigenvalue weighted by molar-refractivity contribution is 9.10. The summed E-state index contributed by atoms with van der Waals surface area (Å²) in [5.74, 6) is 1.14. The summed E-state index contributed by atoms with van der Waals surface area (Å²) in [6.45, 7) is 2.73. The maximum absolute atomic E-state index is 13.0. The molecule has 2 aliphatic rings. The quantitative estimate of drug-likeness (QED) is 0.541. The number of nitrogens with zero attached hydrogens (tertiary/aromatic N) is 2. The maximum Gasteiger partial charge on any atom is 0.289 e. The Morgan fingerprint density at radius 1 is 0.968 bits per heavy atom. The molecule has 0 bridgehead atoms. The Bertz CT molecular complexity index is 1140. The molecule has 2 fully saturated rings. The van der Waals surface area contributed by atoms with Crippen molar-refractivity contribution in [3.8, 4) is 5.75 Å². The average molecular weight is 487 g/mol. The van der Waals surface area contributed by atoms with Gasteiger partial charge in [-0.3, -0.25) is 9.59 Å². The van der Waals surface area contributed by atoms with Gasteiger partial charge >= 0.3 is 0 Å². The number of ether oxygens (including phenoxy) is 1.